The van der Waals surface area contributed by atoms with Crippen molar-refractivity contribution in [1.29, 1.82) is 0 Å². The van der Waals surface area contributed by atoms with Gasteiger partial charge in [-0.25, -0.2) is 0 Å². The van der Waals surface area contributed by atoms with Crippen LogP contribution in [0.3, 0.4) is 0 Å². The first kappa shape index (κ1) is 10.7. The fourth-order valence-electron chi connectivity index (χ4n) is 0.383. The Kier molecular flexibility index (Phi) is 3.52. The van der Waals surface area contributed by atoms with Crippen molar-refractivity contribution in [2.24, 2.45) is 0 Å². The highest BCUT2D eigenvalue weighted by atomic mass is 19.4. The van der Waals surface area contributed by atoms with E-state index in [-0.39, 0.29) is 0 Å². The van der Waals surface area contributed by atoms with Crippen molar-refractivity contribution in [3.8, 4) is 0 Å². The molecule has 0 aliphatic rings. The second-order valence-corrected chi connectivity index (χ2v) is 1.90. The first-order valence-electron chi connectivity index (χ1n) is 2.91. The monoisotopic (exact) mass is 185 g/mol. The molecule has 0 bridgehead atoms. The van der Waals surface area contributed by atoms with Gasteiger partial charge in [-0.3, -0.25) is 9.59 Å². The molecular weight excluding hydrogens is 179 g/mol. The molecule has 0 heterocycles. The third-order valence-electron chi connectivity index (χ3n) is 0.882. The van der Waals surface area contributed by atoms with Gasteiger partial charge < -0.3 is 10.4 Å². The molecule has 0 aliphatic carbocycles. The van der Waals surface area contributed by atoms with E-state index in [1.807, 2.05) is 0 Å². The summed E-state index contributed by atoms with van der Waals surface area (Å²) in [5.41, 5.74) is 0. The van der Waals surface area contributed by atoms with Crippen LogP contribution in [0.2, 0.25) is 0 Å². The SMILES string of the molecule is O=C(O)CCNC(=O)C(F)(F)F. The van der Waals surface area contributed by atoms with Gasteiger partial charge in [-0.1, -0.05) is 0 Å². The normalized spacial score (nSPS) is 10.9. The molecule has 0 aromatic heterocycles. The van der Waals surface area contributed by atoms with E-state index in [0.29, 0.717) is 0 Å². The number of hydrogen-bond donors (Lipinski definition) is 2. The first-order chi connectivity index (χ1) is 5.34. The third-order valence-corrected chi connectivity index (χ3v) is 0.882. The average molecular weight is 185 g/mol. The summed E-state index contributed by atoms with van der Waals surface area (Å²) in [5, 5.41) is 9.41. The minimum Gasteiger partial charge on any atom is -0.481 e. The minimum atomic E-state index is -4.95. The molecule has 2 N–H and O–H groups in total. The Morgan fingerprint density at radius 3 is 2.17 bits per heavy atom. The molecule has 0 saturated heterocycles. The number of hydrogen-bond acceptors (Lipinski definition) is 2. The summed E-state index contributed by atoms with van der Waals surface area (Å²) in [6.07, 6.45) is -5.47. The quantitative estimate of drug-likeness (QED) is 0.657. The fourth-order valence-corrected chi connectivity index (χ4v) is 0.383. The lowest BCUT2D eigenvalue weighted by Gasteiger charge is -2.05. The van der Waals surface area contributed by atoms with Gasteiger partial charge in [-0.15, -0.1) is 0 Å². The third kappa shape index (κ3) is 4.53. The summed E-state index contributed by atoms with van der Waals surface area (Å²) in [4.78, 5) is 19.8. The Labute approximate surface area is 65.4 Å². The molecule has 0 rings (SSSR count). The number of nitrogens with one attached hydrogen (secondary N) is 1. The minimum absolute atomic E-state index is 0.520. The Morgan fingerprint density at radius 1 is 1.33 bits per heavy atom. The van der Waals surface area contributed by atoms with Crippen LogP contribution in [0.15, 0.2) is 0 Å². The van der Waals surface area contributed by atoms with Gasteiger partial charge in [-0.05, 0) is 0 Å². The molecule has 70 valence electrons. The van der Waals surface area contributed by atoms with Gasteiger partial charge in [0.05, 0.1) is 6.42 Å². The van der Waals surface area contributed by atoms with Gasteiger partial charge >= 0.3 is 18.1 Å². The van der Waals surface area contributed by atoms with Crippen molar-refractivity contribution in [3.05, 3.63) is 0 Å². The molecule has 0 spiro atoms. The second kappa shape index (κ2) is 3.93. The molecule has 12 heavy (non-hydrogen) atoms. The van der Waals surface area contributed by atoms with Crippen LogP contribution in [-0.2, 0) is 9.59 Å². The molecule has 0 radical (unpaired) electrons. The zero-order valence-electron chi connectivity index (χ0n) is 5.81. The maximum atomic E-state index is 11.4. The molecular formula is C5H6F3NO3. The highest BCUT2D eigenvalue weighted by Gasteiger charge is 2.38. The molecule has 0 aliphatic heterocycles. The highest BCUT2D eigenvalue weighted by molar-refractivity contribution is 5.82. The van der Waals surface area contributed by atoms with Gasteiger partial charge in [0.15, 0.2) is 0 Å². The number of carboxylic acid groups (broad SMARTS) is 1. The molecule has 1 amide bonds. The molecule has 0 unspecified atom stereocenters. The molecule has 4 nitrogen and oxygen atoms in total. The maximum absolute atomic E-state index is 11.4. The van der Waals surface area contributed by atoms with Crippen LogP contribution >= 0.6 is 0 Å². The lowest BCUT2D eigenvalue weighted by Crippen LogP contribution is -2.37. The standard InChI is InChI=1S/C5H6F3NO3/c6-5(7,8)4(12)9-2-1-3(10)11/h1-2H2,(H,9,12)(H,10,11). The van der Waals surface area contributed by atoms with Gasteiger partial charge in [0.1, 0.15) is 0 Å². The predicted molar refractivity (Wildman–Crippen MR) is 31.3 cm³/mol. The maximum Gasteiger partial charge on any atom is 0.471 e. The topological polar surface area (TPSA) is 66.4 Å². The Bertz CT molecular complexity index is 189. The van der Waals surface area contributed by atoms with E-state index in [1.165, 1.54) is 5.32 Å². The van der Waals surface area contributed by atoms with E-state index in [9.17, 15) is 22.8 Å². The Balaban J connectivity index is 3.66. The summed E-state index contributed by atoms with van der Waals surface area (Å²) >= 11 is 0. The van der Waals surface area contributed by atoms with E-state index < -0.39 is 31.0 Å². The first-order valence-corrected chi connectivity index (χ1v) is 2.91. The number of carbonyl (C=O) groups excluding carboxylic acids is 1. The van der Waals surface area contributed by atoms with Crippen LogP contribution in [0.1, 0.15) is 6.42 Å². The van der Waals surface area contributed by atoms with Crippen molar-refractivity contribution in [2.45, 2.75) is 12.6 Å². The number of amides is 1. The smallest absolute Gasteiger partial charge is 0.471 e. The highest BCUT2D eigenvalue weighted by Crippen LogP contribution is 2.13. The molecule has 0 saturated carbocycles. The molecule has 0 aromatic rings. The fraction of sp³-hybridized carbons (Fsp3) is 0.600. The summed E-state index contributed by atoms with van der Waals surface area (Å²) in [6.45, 7) is -0.520. The summed E-state index contributed by atoms with van der Waals surface area (Å²) in [5.74, 6) is -3.39. The van der Waals surface area contributed by atoms with Crippen molar-refractivity contribution in [3.63, 3.8) is 0 Å². The van der Waals surface area contributed by atoms with E-state index in [4.69, 9.17) is 5.11 Å². The Hall–Kier alpha value is -1.27. The lowest BCUT2D eigenvalue weighted by atomic mass is 10.4. The van der Waals surface area contributed by atoms with Crippen LogP contribution in [0.25, 0.3) is 0 Å². The summed E-state index contributed by atoms with van der Waals surface area (Å²) < 4.78 is 34.2. The summed E-state index contributed by atoms with van der Waals surface area (Å²) in [7, 11) is 0. The van der Waals surface area contributed by atoms with E-state index >= 15 is 0 Å². The van der Waals surface area contributed by atoms with E-state index in [0.717, 1.165) is 0 Å². The van der Waals surface area contributed by atoms with Crippen LogP contribution in [0, 0.1) is 0 Å². The molecule has 0 atom stereocenters. The van der Waals surface area contributed by atoms with Gasteiger partial charge in [-0.2, -0.15) is 13.2 Å². The van der Waals surface area contributed by atoms with Crippen LogP contribution in [0.4, 0.5) is 13.2 Å². The number of carbonyl (C=O) groups is 2. The largest absolute Gasteiger partial charge is 0.481 e. The van der Waals surface area contributed by atoms with Crippen molar-refractivity contribution in [1.82, 2.24) is 5.32 Å². The number of alkyl halides is 3. The molecule has 0 aromatic carbocycles. The summed E-state index contributed by atoms with van der Waals surface area (Å²) in [6, 6.07) is 0. The number of aliphatic carboxylic acids is 1. The number of carboxylic acids is 1. The van der Waals surface area contributed by atoms with E-state index in [1.54, 1.807) is 0 Å². The second-order valence-electron chi connectivity index (χ2n) is 1.90. The van der Waals surface area contributed by atoms with Gasteiger partial charge in [0, 0.05) is 6.54 Å². The zero-order valence-corrected chi connectivity index (χ0v) is 5.81. The number of rotatable bonds is 3. The molecule has 7 heteroatoms. The van der Waals surface area contributed by atoms with Crippen molar-refractivity contribution >= 4 is 11.9 Å². The van der Waals surface area contributed by atoms with Crippen LogP contribution in [-0.4, -0.2) is 29.7 Å². The van der Waals surface area contributed by atoms with Crippen LogP contribution in [0.5, 0.6) is 0 Å². The van der Waals surface area contributed by atoms with Gasteiger partial charge in [0.25, 0.3) is 0 Å². The lowest BCUT2D eigenvalue weighted by molar-refractivity contribution is -0.173. The average Bonchev–Trinajstić information content (AvgIpc) is 1.84. The predicted octanol–water partition coefficient (Wildman–Crippen LogP) is 0.140. The van der Waals surface area contributed by atoms with Gasteiger partial charge in [0.2, 0.25) is 0 Å². The Morgan fingerprint density at radius 2 is 1.83 bits per heavy atom. The van der Waals surface area contributed by atoms with E-state index in [2.05, 4.69) is 0 Å². The van der Waals surface area contributed by atoms with Crippen molar-refractivity contribution < 1.29 is 27.9 Å². The number of halogens is 3. The molecule has 0 fully saturated rings. The zero-order chi connectivity index (χ0) is 9.78. The van der Waals surface area contributed by atoms with Crippen molar-refractivity contribution in [2.75, 3.05) is 6.54 Å². The van der Waals surface area contributed by atoms with Crippen LogP contribution < -0.4 is 5.32 Å².